The summed E-state index contributed by atoms with van der Waals surface area (Å²) in [5, 5.41) is 4.23. The van der Waals surface area contributed by atoms with Crippen LogP contribution in [0.15, 0.2) is 36.7 Å². The summed E-state index contributed by atoms with van der Waals surface area (Å²) in [7, 11) is 3.26. The lowest BCUT2D eigenvalue weighted by Crippen LogP contribution is -2.42. The number of carbonyl (C=O) groups is 1. The van der Waals surface area contributed by atoms with Crippen LogP contribution >= 0.6 is 0 Å². The molecule has 42 heavy (non-hydrogen) atoms. The topological polar surface area (TPSA) is 104 Å². The quantitative estimate of drug-likeness (QED) is 0.261. The van der Waals surface area contributed by atoms with E-state index in [1.807, 2.05) is 42.2 Å². The number of carbonyl (C=O) groups excluding carboxylic acids is 1. The van der Waals surface area contributed by atoms with Crippen molar-refractivity contribution in [1.29, 1.82) is 0 Å². The lowest BCUT2D eigenvalue weighted by atomic mass is 9.91. The molecule has 0 unspecified atom stereocenters. The third-order valence-electron chi connectivity index (χ3n) is 7.00. The minimum Gasteiger partial charge on any atom is -0.490 e. The maximum atomic E-state index is 12.6. The fourth-order valence-electron chi connectivity index (χ4n) is 4.82. The van der Waals surface area contributed by atoms with Crippen molar-refractivity contribution in [3.8, 4) is 17.2 Å². The highest BCUT2D eigenvalue weighted by Gasteiger charge is 2.27. The van der Waals surface area contributed by atoms with Crippen molar-refractivity contribution in [2.24, 2.45) is 5.41 Å². The zero-order chi connectivity index (χ0) is 30.1. The normalized spacial score (nSPS) is 14.2. The molecule has 1 aliphatic rings. The van der Waals surface area contributed by atoms with E-state index in [4.69, 9.17) is 23.7 Å². The number of methoxy groups -OCH3 is 2. The summed E-state index contributed by atoms with van der Waals surface area (Å²) >= 11 is 0. The van der Waals surface area contributed by atoms with E-state index in [9.17, 15) is 4.79 Å². The van der Waals surface area contributed by atoms with E-state index < -0.39 is 0 Å². The van der Waals surface area contributed by atoms with E-state index in [1.54, 1.807) is 14.2 Å². The number of aromatic nitrogens is 2. The van der Waals surface area contributed by atoms with Crippen LogP contribution in [0.1, 0.15) is 45.6 Å². The van der Waals surface area contributed by atoms with Gasteiger partial charge in [-0.2, -0.15) is 0 Å². The van der Waals surface area contributed by atoms with Crippen LogP contribution in [0.3, 0.4) is 0 Å². The Morgan fingerprint density at radius 3 is 2.21 bits per heavy atom. The first-order valence-corrected chi connectivity index (χ1v) is 14.5. The summed E-state index contributed by atoms with van der Waals surface area (Å²) in [6.45, 7) is 11.5. The van der Waals surface area contributed by atoms with Gasteiger partial charge < -0.3 is 33.9 Å². The summed E-state index contributed by atoms with van der Waals surface area (Å²) in [4.78, 5) is 23.5. The van der Waals surface area contributed by atoms with Crippen LogP contribution in [0.5, 0.6) is 17.2 Å². The minimum absolute atomic E-state index is 0.00301. The Morgan fingerprint density at radius 1 is 0.929 bits per heavy atom. The smallest absolute Gasteiger partial charge is 0.223 e. The zero-order valence-corrected chi connectivity index (χ0v) is 25.7. The molecule has 1 aromatic heterocycles. The number of ether oxygens (including phenoxy) is 5. The first kappa shape index (κ1) is 31.3. The second-order valence-corrected chi connectivity index (χ2v) is 11.8. The molecule has 0 spiro atoms. The van der Waals surface area contributed by atoms with Gasteiger partial charge in [0.25, 0.3) is 0 Å². The SMILES string of the molecule is COCCOc1cc2ncnc(Nc3ccc(OC4CCN(C(=O)CC(C)(C)C)CC4)c(C)c3)c2cc1OCCOC. The summed E-state index contributed by atoms with van der Waals surface area (Å²) in [5.41, 5.74) is 2.62. The average Bonchev–Trinajstić information content (AvgIpc) is 2.94. The van der Waals surface area contributed by atoms with E-state index in [1.165, 1.54) is 6.33 Å². The molecule has 4 rings (SSSR count). The lowest BCUT2D eigenvalue weighted by Gasteiger charge is -2.34. The maximum absolute atomic E-state index is 12.6. The molecule has 0 saturated carbocycles. The van der Waals surface area contributed by atoms with E-state index >= 15 is 0 Å². The van der Waals surface area contributed by atoms with Crippen molar-refractivity contribution >= 4 is 28.3 Å². The van der Waals surface area contributed by atoms with Gasteiger partial charge in [0.05, 0.1) is 18.7 Å². The number of benzene rings is 2. The van der Waals surface area contributed by atoms with Gasteiger partial charge in [-0.1, -0.05) is 20.8 Å². The highest BCUT2D eigenvalue weighted by molar-refractivity contribution is 5.93. The van der Waals surface area contributed by atoms with Crippen molar-refractivity contribution in [3.05, 3.63) is 42.2 Å². The number of piperidine rings is 1. The Balaban J connectivity index is 1.44. The van der Waals surface area contributed by atoms with Crippen LogP contribution < -0.4 is 19.5 Å². The zero-order valence-electron chi connectivity index (χ0n) is 25.7. The molecule has 1 amide bonds. The number of hydrogen-bond acceptors (Lipinski definition) is 9. The Hall–Kier alpha value is -3.63. The molecule has 0 atom stereocenters. The molecular formula is C32H44N4O6. The van der Waals surface area contributed by atoms with Gasteiger partial charge in [-0.3, -0.25) is 4.79 Å². The van der Waals surface area contributed by atoms with Gasteiger partial charge in [-0.15, -0.1) is 0 Å². The molecule has 1 aliphatic heterocycles. The molecule has 0 bridgehead atoms. The molecule has 0 aliphatic carbocycles. The molecule has 1 saturated heterocycles. The van der Waals surface area contributed by atoms with Crippen molar-refractivity contribution in [3.63, 3.8) is 0 Å². The Morgan fingerprint density at radius 2 is 1.60 bits per heavy atom. The lowest BCUT2D eigenvalue weighted by molar-refractivity contribution is -0.134. The average molecular weight is 581 g/mol. The summed E-state index contributed by atoms with van der Waals surface area (Å²) in [5.74, 6) is 2.90. The first-order chi connectivity index (χ1) is 20.2. The first-order valence-electron chi connectivity index (χ1n) is 14.5. The second kappa shape index (κ2) is 14.5. The largest absolute Gasteiger partial charge is 0.490 e. The van der Waals surface area contributed by atoms with Crippen LogP contribution in [0, 0.1) is 12.3 Å². The molecule has 10 nitrogen and oxygen atoms in total. The number of amides is 1. The van der Waals surface area contributed by atoms with Crippen molar-refractivity contribution in [2.75, 3.05) is 59.1 Å². The van der Waals surface area contributed by atoms with E-state index in [0.29, 0.717) is 50.2 Å². The fraction of sp³-hybridized carbons (Fsp3) is 0.531. The molecule has 1 fully saturated rings. The van der Waals surface area contributed by atoms with Gasteiger partial charge in [-0.25, -0.2) is 9.97 Å². The number of aryl methyl sites for hydroxylation is 1. The van der Waals surface area contributed by atoms with Crippen LogP contribution in [0.25, 0.3) is 10.9 Å². The molecular weight excluding hydrogens is 536 g/mol. The molecule has 10 heteroatoms. The molecule has 2 heterocycles. The van der Waals surface area contributed by atoms with Gasteiger partial charge in [0, 0.05) is 63.7 Å². The number of likely N-dealkylation sites (tertiary alicyclic amines) is 1. The fourth-order valence-corrected chi connectivity index (χ4v) is 4.82. The summed E-state index contributed by atoms with van der Waals surface area (Å²) in [6.07, 6.45) is 3.84. The molecule has 2 aromatic carbocycles. The van der Waals surface area contributed by atoms with Crippen LogP contribution in [0.4, 0.5) is 11.5 Å². The van der Waals surface area contributed by atoms with Crippen molar-refractivity contribution < 1.29 is 28.5 Å². The molecule has 1 N–H and O–H groups in total. The van der Waals surface area contributed by atoms with Crippen molar-refractivity contribution in [1.82, 2.24) is 14.9 Å². The van der Waals surface area contributed by atoms with Gasteiger partial charge in [-0.05, 0) is 42.2 Å². The standard InChI is InChI=1S/C32H44N4O6/c1-22-17-23(7-8-27(22)42-24-9-11-36(12-10-24)30(37)20-32(2,3)4)35-31-25-18-28(40-15-13-38-5)29(41-16-14-39-6)19-26(25)33-21-34-31/h7-8,17-19,21,24H,9-16,20H2,1-6H3,(H,33,34,35). The monoisotopic (exact) mass is 580 g/mol. The highest BCUT2D eigenvalue weighted by atomic mass is 16.5. The number of hydrogen-bond donors (Lipinski definition) is 1. The number of fused-ring (bicyclic) bond motifs is 1. The predicted molar refractivity (Wildman–Crippen MR) is 163 cm³/mol. The maximum Gasteiger partial charge on any atom is 0.223 e. The minimum atomic E-state index is -0.00301. The van der Waals surface area contributed by atoms with E-state index in [-0.39, 0.29) is 17.4 Å². The Bertz CT molecular complexity index is 1330. The number of anilines is 2. The Kier molecular flexibility index (Phi) is 10.8. The third-order valence-corrected chi connectivity index (χ3v) is 7.00. The second-order valence-electron chi connectivity index (χ2n) is 11.8. The third kappa shape index (κ3) is 8.69. The number of rotatable bonds is 13. The van der Waals surface area contributed by atoms with E-state index in [0.717, 1.165) is 53.8 Å². The summed E-state index contributed by atoms with van der Waals surface area (Å²) in [6, 6.07) is 9.75. The van der Waals surface area contributed by atoms with Gasteiger partial charge >= 0.3 is 0 Å². The van der Waals surface area contributed by atoms with Gasteiger partial charge in [0.1, 0.15) is 37.2 Å². The Labute approximate surface area is 248 Å². The van der Waals surface area contributed by atoms with E-state index in [2.05, 4.69) is 36.1 Å². The molecule has 3 aromatic rings. The van der Waals surface area contributed by atoms with Crippen LogP contribution in [0.2, 0.25) is 0 Å². The van der Waals surface area contributed by atoms with Gasteiger partial charge in [0.2, 0.25) is 5.91 Å². The van der Waals surface area contributed by atoms with Gasteiger partial charge in [0.15, 0.2) is 11.5 Å². The molecule has 228 valence electrons. The number of nitrogens with zero attached hydrogens (tertiary/aromatic N) is 3. The van der Waals surface area contributed by atoms with Crippen molar-refractivity contribution in [2.45, 2.75) is 53.1 Å². The highest BCUT2D eigenvalue weighted by Crippen LogP contribution is 2.36. The van der Waals surface area contributed by atoms with Crippen LogP contribution in [-0.2, 0) is 14.3 Å². The summed E-state index contributed by atoms with van der Waals surface area (Å²) < 4.78 is 28.5. The van der Waals surface area contributed by atoms with Crippen LogP contribution in [-0.4, -0.2) is 80.6 Å². The number of nitrogens with one attached hydrogen (secondary N) is 1. The molecule has 0 radical (unpaired) electrons. The predicted octanol–water partition coefficient (Wildman–Crippen LogP) is 5.54.